The van der Waals surface area contributed by atoms with E-state index in [9.17, 15) is 28.8 Å². The molecule has 0 saturated carbocycles. The molecule has 59 heavy (non-hydrogen) atoms. The van der Waals surface area contributed by atoms with Crippen LogP contribution >= 0.6 is 0 Å². The lowest BCUT2D eigenvalue weighted by Crippen LogP contribution is -2.37. The van der Waals surface area contributed by atoms with E-state index in [1.54, 1.807) is 36.4 Å². The Morgan fingerprint density at radius 1 is 0.441 bits per heavy atom. The number of ether oxygens (including phenoxy) is 3. The molecule has 0 spiro atoms. The van der Waals surface area contributed by atoms with Gasteiger partial charge in [0.1, 0.15) is 19.8 Å². The number of carbonyl (C=O) groups is 6. The Bertz CT molecular complexity index is 1790. The fraction of sp³-hybridized carbons (Fsp3) is 0.268. The van der Waals surface area contributed by atoms with E-state index in [0.29, 0.717) is 0 Å². The lowest BCUT2D eigenvalue weighted by molar-refractivity contribution is -0.216. The molecule has 0 amide bonds. The van der Waals surface area contributed by atoms with Gasteiger partial charge in [0, 0.05) is 0 Å². The molecule has 0 unspecified atom stereocenters. The molecule has 18 heteroatoms. The van der Waals surface area contributed by atoms with Gasteiger partial charge in [0.05, 0.1) is 50.7 Å². The van der Waals surface area contributed by atoms with Crippen molar-refractivity contribution in [1.29, 1.82) is 0 Å². The van der Waals surface area contributed by atoms with Gasteiger partial charge in [-0.1, -0.05) is 85.8 Å². The first-order chi connectivity index (χ1) is 28.1. The molecule has 314 valence electrons. The predicted molar refractivity (Wildman–Crippen MR) is 224 cm³/mol. The molecule has 3 rings (SSSR count). The van der Waals surface area contributed by atoms with Crippen LogP contribution in [0.1, 0.15) is 79.5 Å². The lowest BCUT2D eigenvalue weighted by atomic mass is 9.94. The molecule has 0 fully saturated rings. The van der Waals surface area contributed by atoms with Crippen LogP contribution in [0.2, 0.25) is 0 Å². The average Bonchev–Trinajstić information content (AvgIpc) is 3.25. The van der Waals surface area contributed by atoms with Crippen LogP contribution in [0.3, 0.4) is 0 Å². The Kier molecular flexibility index (Phi) is 19.1. The minimum absolute atomic E-state index is 0.120. The molecule has 0 aliphatic carbocycles. The van der Waals surface area contributed by atoms with Gasteiger partial charge >= 0.3 is 36.4 Å². The Hall–Kier alpha value is -6.25. The third-order valence-electron chi connectivity index (χ3n) is 8.67. The Morgan fingerprint density at radius 2 is 0.678 bits per heavy atom. The summed E-state index contributed by atoms with van der Waals surface area (Å²) >= 11 is 0. The largest absolute Gasteiger partial charge is 0.549 e. The average molecular weight is 865 g/mol. The van der Waals surface area contributed by atoms with Gasteiger partial charge in [-0.25, -0.2) is 43.7 Å². The summed E-state index contributed by atoms with van der Waals surface area (Å²) in [5, 5.41) is 7.10. The van der Waals surface area contributed by atoms with Crippen LogP contribution in [0.15, 0.2) is 107 Å². The second-order valence-corrected chi connectivity index (χ2v) is 20.7. The first kappa shape index (κ1) is 47.1. The summed E-state index contributed by atoms with van der Waals surface area (Å²) in [6, 6.07) is 19.9. The van der Waals surface area contributed by atoms with Gasteiger partial charge < -0.3 is 14.2 Å². The normalized spacial score (nSPS) is 13.2. The van der Waals surface area contributed by atoms with E-state index in [2.05, 4.69) is 29.3 Å². The molecule has 0 aliphatic heterocycles. The van der Waals surface area contributed by atoms with E-state index in [1.165, 1.54) is 58.9 Å². The molecule has 0 saturated heterocycles. The van der Waals surface area contributed by atoms with Crippen LogP contribution in [0, 0.1) is 5.41 Å². The third kappa shape index (κ3) is 17.0. The van der Waals surface area contributed by atoms with Crippen LogP contribution in [0.25, 0.3) is 0 Å². The predicted octanol–water partition coefficient (Wildman–Crippen LogP) is 3.92. The highest BCUT2D eigenvalue weighted by molar-refractivity contribution is 6.61. The molecule has 0 aliphatic rings. The van der Waals surface area contributed by atoms with E-state index in [-0.39, 0.29) is 16.7 Å². The van der Waals surface area contributed by atoms with Crippen LogP contribution in [0.4, 0.5) is 14.4 Å². The zero-order chi connectivity index (χ0) is 43.4. The van der Waals surface area contributed by atoms with E-state index in [4.69, 9.17) is 14.2 Å². The molecule has 0 radical (unpaired) electrons. The molecule has 15 nitrogen and oxygen atoms in total. The number of hydrogen-bond donors (Lipinski definition) is 0. The van der Waals surface area contributed by atoms with Crippen LogP contribution in [-0.2, 0) is 43.5 Å². The number of allylic oxidation sites excluding steroid dienone is 6. The maximum atomic E-state index is 12.5. The fourth-order valence-electron chi connectivity index (χ4n) is 4.80. The lowest BCUT2D eigenvalue weighted by Gasteiger charge is -2.26. The highest BCUT2D eigenvalue weighted by Crippen LogP contribution is 2.20. The van der Waals surface area contributed by atoms with Gasteiger partial charge in [-0.2, -0.15) is 14.4 Å². The van der Waals surface area contributed by atoms with Crippen molar-refractivity contribution in [1.82, 2.24) is 0 Å². The zero-order valence-electron chi connectivity index (χ0n) is 34.0. The van der Waals surface area contributed by atoms with E-state index in [1.807, 2.05) is 59.8 Å². The summed E-state index contributed by atoms with van der Waals surface area (Å²) in [4.78, 5) is 102. The van der Waals surface area contributed by atoms with Gasteiger partial charge in [-0.15, -0.1) is 0 Å². The molecule has 0 atom stereocenters. The van der Waals surface area contributed by atoms with E-state index >= 15 is 0 Å². The molecule has 0 N–H and O–H groups in total. The van der Waals surface area contributed by atoms with Crippen LogP contribution in [0.5, 0.6) is 0 Å². The van der Waals surface area contributed by atoms with Gasteiger partial charge in [0.2, 0.25) is 0 Å². The third-order valence-corrected chi connectivity index (χ3v) is 14.2. The van der Waals surface area contributed by atoms with Crippen molar-refractivity contribution in [2.75, 3.05) is 19.8 Å². The second-order valence-electron chi connectivity index (χ2n) is 13.8. The molecule has 0 aromatic heterocycles. The van der Waals surface area contributed by atoms with Gasteiger partial charge in [0.15, 0.2) is 0 Å². The number of hydrogen-bond acceptors (Lipinski definition) is 15. The van der Waals surface area contributed by atoms with Crippen molar-refractivity contribution in [3.05, 3.63) is 123 Å². The Morgan fingerprint density at radius 3 is 0.898 bits per heavy atom. The quantitative estimate of drug-likeness (QED) is 0.0704. The van der Waals surface area contributed by atoms with Crippen molar-refractivity contribution in [3.8, 4) is 0 Å². The fourth-order valence-corrected chi connectivity index (χ4v) is 8.76. The summed E-state index contributed by atoms with van der Waals surface area (Å²) in [6.45, 7) is 11.3. The topological polar surface area (TPSA) is 185 Å². The van der Waals surface area contributed by atoms with E-state index in [0.717, 1.165) is 15.6 Å². The molecular formula is C41H48O15Si3. The SMILES string of the molecule is CC=C(C)[SiH2]c1ccc(C(=O)OOC(=O)OCC(C)(COC(=O)OOC(=O)c2ccc([SiH2]C(C)=CC)cc2)COC(=O)OOC(=O)c2ccc([SiH2]C(C)=CC)cc2)cc1. The minimum atomic E-state index is -1.56. The Balaban J connectivity index is 1.57. The summed E-state index contributed by atoms with van der Waals surface area (Å²) in [6.07, 6.45) is 1.72. The summed E-state index contributed by atoms with van der Waals surface area (Å²) < 4.78 is 15.2. The smallest absolute Gasteiger partial charge is 0.431 e. The first-order valence-corrected chi connectivity index (χ1v) is 22.7. The molecule has 0 bridgehead atoms. The van der Waals surface area contributed by atoms with Crippen molar-refractivity contribution >= 4 is 80.5 Å². The van der Waals surface area contributed by atoms with Crippen molar-refractivity contribution < 1.29 is 72.3 Å². The van der Waals surface area contributed by atoms with Crippen molar-refractivity contribution in [2.45, 2.75) is 48.5 Å². The minimum Gasteiger partial charge on any atom is -0.431 e. The van der Waals surface area contributed by atoms with Crippen LogP contribution < -0.4 is 15.6 Å². The summed E-state index contributed by atoms with van der Waals surface area (Å²) in [5.74, 6) is -2.90. The van der Waals surface area contributed by atoms with E-state index < -0.39 is 90.2 Å². The zero-order valence-corrected chi connectivity index (χ0v) is 38.3. The molecule has 0 heterocycles. The summed E-state index contributed by atoms with van der Waals surface area (Å²) in [5.41, 5.74) is -1.20. The maximum absolute atomic E-state index is 12.5. The standard InChI is InChI=1S/C41H48O15Si3/c1-8-26(4)57-32-17-11-29(12-18-32)35(42)51-54-38(45)48-23-41(7,24-49-39(46)55-52-36(43)30-13-19-33(20-14-30)58-27(5)9-2)25-50-40(47)56-53-37(44)31-15-21-34(22-16-31)59-28(6)10-3/h8-22H,23-25,57-59H2,1-7H3. The van der Waals surface area contributed by atoms with Gasteiger partial charge in [-0.3, -0.25) is 0 Å². The number of carbonyl (C=O) groups excluding carboxylic acids is 6. The summed E-state index contributed by atoms with van der Waals surface area (Å²) in [7, 11) is -1.97. The Labute approximate surface area is 348 Å². The monoisotopic (exact) mass is 864 g/mol. The molecular weight excluding hydrogens is 817 g/mol. The number of rotatable bonds is 15. The van der Waals surface area contributed by atoms with Crippen molar-refractivity contribution in [3.63, 3.8) is 0 Å². The molecule has 3 aromatic carbocycles. The number of benzene rings is 3. The highest BCUT2D eigenvalue weighted by atomic mass is 28.2. The maximum Gasteiger partial charge on any atom is 0.549 e. The van der Waals surface area contributed by atoms with Crippen LogP contribution in [-0.4, -0.2) is 84.8 Å². The van der Waals surface area contributed by atoms with Gasteiger partial charge in [-0.05, 0) is 84.9 Å². The molecule has 3 aromatic rings. The second kappa shape index (κ2) is 23.9. The first-order valence-electron chi connectivity index (χ1n) is 18.4. The highest BCUT2D eigenvalue weighted by Gasteiger charge is 2.33. The van der Waals surface area contributed by atoms with Gasteiger partial charge in [0.25, 0.3) is 0 Å². The van der Waals surface area contributed by atoms with Crippen molar-refractivity contribution in [2.24, 2.45) is 5.41 Å².